The quantitative estimate of drug-likeness (QED) is 0.692. The largest absolute Gasteiger partial charge is 0.321 e. The third-order valence-corrected chi connectivity index (χ3v) is 5.46. The van der Waals surface area contributed by atoms with E-state index >= 15 is 0 Å². The average molecular weight is 407 g/mol. The number of hydrogen-bond acceptors (Lipinski definition) is 3. The highest BCUT2D eigenvalue weighted by atomic mass is 16.2. The predicted octanol–water partition coefficient (Wildman–Crippen LogP) is 4.69. The van der Waals surface area contributed by atoms with Crippen LogP contribution in [0.5, 0.6) is 0 Å². The van der Waals surface area contributed by atoms with Crippen LogP contribution >= 0.6 is 0 Å². The van der Waals surface area contributed by atoms with Crippen LogP contribution in [0.3, 0.4) is 0 Å². The van der Waals surface area contributed by atoms with E-state index in [0.29, 0.717) is 17.2 Å². The standard InChI is InChI=1S/C25H30N2O3/c1-16(2)18-10-12-20(13-11-18)26-22(28)15-21(24(26)30)27(25(4,5)6)23(29)19-9-7-8-17(3)14-19/h7-14,16,21H,15H2,1-6H3. The monoisotopic (exact) mass is 406 g/mol. The fraction of sp³-hybridized carbons (Fsp3) is 0.400. The lowest BCUT2D eigenvalue weighted by atomic mass is 9.99. The van der Waals surface area contributed by atoms with E-state index in [2.05, 4.69) is 13.8 Å². The summed E-state index contributed by atoms with van der Waals surface area (Å²) in [6.45, 7) is 11.8. The second-order valence-corrected chi connectivity index (χ2v) is 9.25. The molecule has 1 unspecified atom stereocenters. The number of hydrogen-bond donors (Lipinski definition) is 0. The second kappa shape index (κ2) is 8.05. The highest BCUT2D eigenvalue weighted by Gasteiger charge is 2.47. The summed E-state index contributed by atoms with van der Waals surface area (Å²) in [6.07, 6.45) is -0.0143. The van der Waals surface area contributed by atoms with Gasteiger partial charge >= 0.3 is 0 Å². The molecule has 1 heterocycles. The van der Waals surface area contributed by atoms with Gasteiger partial charge in [0, 0.05) is 11.1 Å². The van der Waals surface area contributed by atoms with Gasteiger partial charge in [-0.3, -0.25) is 14.4 Å². The van der Waals surface area contributed by atoms with E-state index in [-0.39, 0.29) is 24.1 Å². The van der Waals surface area contributed by atoms with Crippen molar-refractivity contribution in [1.29, 1.82) is 0 Å². The Morgan fingerprint density at radius 1 is 1.07 bits per heavy atom. The van der Waals surface area contributed by atoms with E-state index in [1.54, 1.807) is 23.1 Å². The molecule has 158 valence electrons. The highest BCUT2D eigenvalue weighted by molar-refractivity contribution is 6.23. The first kappa shape index (κ1) is 21.8. The Balaban J connectivity index is 1.95. The number of carbonyl (C=O) groups excluding carboxylic acids is 3. The van der Waals surface area contributed by atoms with Gasteiger partial charge in [-0.15, -0.1) is 0 Å². The zero-order valence-corrected chi connectivity index (χ0v) is 18.6. The molecule has 30 heavy (non-hydrogen) atoms. The molecule has 0 aromatic heterocycles. The lowest BCUT2D eigenvalue weighted by Gasteiger charge is -2.39. The molecule has 0 aliphatic carbocycles. The third kappa shape index (κ3) is 4.16. The van der Waals surface area contributed by atoms with E-state index in [4.69, 9.17) is 0 Å². The maximum atomic E-state index is 13.4. The fourth-order valence-corrected chi connectivity index (χ4v) is 3.93. The lowest BCUT2D eigenvalue weighted by Crippen LogP contribution is -2.54. The van der Waals surface area contributed by atoms with E-state index < -0.39 is 11.6 Å². The first-order valence-corrected chi connectivity index (χ1v) is 10.4. The molecule has 1 saturated heterocycles. The first-order chi connectivity index (χ1) is 14.0. The summed E-state index contributed by atoms with van der Waals surface area (Å²) in [5.74, 6) is -0.517. The molecule has 1 aliphatic heterocycles. The van der Waals surface area contributed by atoms with Crippen molar-refractivity contribution in [2.75, 3.05) is 4.90 Å². The van der Waals surface area contributed by atoms with E-state index in [1.165, 1.54) is 4.90 Å². The fourth-order valence-electron chi connectivity index (χ4n) is 3.93. The van der Waals surface area contributed by atoms with Crippen LogP contribution in [0.1, 0.15) is 68.4 Å². The van der Waals surface area contributed by atoms with Crippen LogP contribution in [0.25, 0.3) is 0 Å². The molecule has 0 bridgehead atoms. The van der Waals surface area contributed by atoms with Crippen LogP contribution in [0.2, 0.25) is 0 Å². The van der Waals surface area contributed by atoms with Crippen LogP contribution < -0.4 is 4.90 Å². The lowest BCUT2D eigenvalue weighted by molar-refractivity contribution is -0.123. The zero-order chi connectivity index (χ0) is 22.2. The van der Waals surface area contributed by atoms with Crippen molar-refractivity contribution < 1.29 is 14.4 Å². The molecule has 5 nitrogen and oxygen atoms in total. The van der Waals surface area contributed by atoms with Crippen molar-refractivity contribution in [1.82, 2.24) is 4.90 Å². The van der Waals surface area contributed by atoms with Gasteiger partial charge in [-0.05, 0) is 63.4 Å². The molecule has 2 aromatic rings. The summed E-state index contributed by atoms with van der Waals surface area (Å²) in [7, 11) is 0. The number of benzene rings is 2. The van der Waals surface area contributed by atoms with Gasteiger partial charge in [-0.1, -0.05) is 43.7 Å². The number of rotatable bonds is 4. The molecule has 3 amide bonds. The van der Waals surface area contributed by atoms with Crippen molar-refractivity contribution >= 4 is 23.4 Å². The van der Waals surface area contributed by atoms with Crippen molar-refractivity contribution in [3.05, 3.63) is 65.2 Å². The molecular formula is C25H30N2O3. The Morgan fingerprint density at radius 3 is 2.23 bits per heavy atom. The summed E-state index contributed by atoms with van der Waals surface area (Å²) in [6, 6.07) is 14.0. The Hall–Kier alpha value is -2.95. The smallest absolute Gasteiger partial charge is 0.257 e. The van der Waals surface area contributed by atoms with Crippen molar-refractivity contribution in [3.8, 4) is 0 Å². The van der Waals surface area contributed by atoms with Gasteiger partial charge in [0.15, 0.2) is 0 Å². The van der Waals surface area contributed by atoms with Crippen LogP contribution in [0.4, 0.5) is 5.69 Å². The van der Waals surface area contributed by atoms with E-state index in [0.717, 1.165) is 11.1 Å². The summed E-state index contributed by atoms with van der Waals surface area (Å²) < 4.78 is 0. The summed E-state index contributed by atoms with van der Waals surface area (Å²) in [5.41, 5.74) is 2.55. The van der Waals surface area contributed by atoms with Crippen LogP contribution in [-0.4, -0.2) is 34.2 Å². The van der Waals surface area contributed by atoms with Crippen LogP contribution in [0, 0.1) is 6.92 Å². The first-order valence-electron chi connectivity index (χ1n) is 10.4. The highest BCUT2D eigenvalue weighted by Crippen LogP contribution is 2.31. The van der Waals surface area contributed by atoms with Crippen molar-refractivity contribution in [2.45, 2.75) is 65.5 Å². The molecule has 0 N–H and O–H groups in total. The van der Waals surface area contributed by atoms with Crippen LogP contribution in [0.15, 0.2) is 48.5 Å². The van der Waals surface area contributed by atoms with Gasteiger partial charge in [0.25, 0.3) is 11.8 Å². The molecule has 1 fully saturated rings. The Morgan fingerprint density at radius 2 is 1.70 bits per heavy atom. The number of anilines is 1. The minimum atomic E-state index is -0.824. The second-order valence-electron chi connectivity index (χ2n) is 9.25. The molecule has 5 heteroatoms. The normalized spacial score (nSPS) is 17.0. The zero-order valence-electron chi connectivity index (χ0n) is 18.6. The number of amides is 3. The van der Waals surface area contributed by atoms with E-state index in [1.807, 2.05) is 58.0 Å². The molecule has 0 spiro atoms. The van der Waals surface area contributed by atoms with Crippen molar-refractivity contribution in [3.63, 3.8) is 0 Å². The molecule has 3 rings (SSSR count). The molecule has 1 aliphatic rings. The maximum Gasteiger partial charge on any atom is 0.257 e. The van der Waals surface area contributed by atoms with Crippen LogP contribution in [-0.2, 0) is 9.59 Å². The molecule has 0 radical (unpaired) electrons. The predicted molar refractivity (Wildman–Crippen MR) is 119 cm³/mol. The van der Waals surface area contributed by atoms with Crippen molar-refractivity contribution in [2.24, 2.45) is 0 Å². The molecule has 2 aromatic carbocycles. The van der Waals surface area contributed by atoms with Gasteiger partial charge in [0.1, 0.15) is 6.04 Å². The van der Waals surface area contributed by atoms with Gasteiger partial charge in [0.05, 0.1) is 12.1 Å². The average Bonchev–Trinajstić information content (AvgIpc) is 2.94. The van der Waals surface area contributed by atoms with Gasteiger partial charge in [-0.2, -0.15) is 0 Å². The minimum absolute atomic E-state index is 0.0143. The Kier molecular flexibility index (Phi) is 5.84. The minimum Gasteiger partial charge on any atom is -0.321 e. The third-order valence-electron chi connectivity index (χ3n) is 5.46. The molecule has 1 atom stereocenters. The van der Waals surface area contributed by atoms with Gasteiger partial charge in [-0.25, -0.2) is 4.90 Å². The SMILES string of the molecule is Cc1cccc(C(=O)N(C2CC(=O)N(c3ccc(C(C)C)cc3)C2=O)C(C)(C)C)c1. The summed E-state index contributed by atoms with van der Waals surface area (Å²) in [4.78, 5) is 42.3. The number of carbonyl (C=O) groups is 3. The molecular weight excluding hydrogens is 376 g/mol. The summed E-state index contributed by atoms with van der Waals surface area (Å²) >= 11 is 0. The number of imide groups is 1. The van der Waals surface area contributed by atoms with Gasteiger partial charge in [0.2, 0.25) is 5.91 Å². The maximum absolute atomic E-state index is 13.4. The van der Waals surface area contributed by atoms with E-state index in [9.17, 15) is 14.4 Å². The summed E-state index contributed by atoms with van der Waals surface area (Å²) in [5, 5.41) is 0. The molecule has 0 saturated carbocycles. The van der Waals surface area contributed by atoms with Gasteiger partial charge < -0.3 is 4.90 Å². The Labute approximate surface area is 178 Å². The Bertz CT molecular complexity index is 971. The number of aryl methyl sites for hydroxylation is 1. The number of nitrogens with zero attached hydrogens (tertiary/aromatic N) is 2. The topological polar surface area (TPSA) is 57.7 Å².